The topological polar surface area (TPSA) is 38.8 Å². The first-order valence-corrected chi connectivity index (χ1v) is 9.42. The van der Waals surface area contributed by atoms with Gasteiger partial charge in [0.15, 0.2) is 0 Å². The largest absolute Gasteiger partial charge is 0.384 e. The number of carbonyl (C=O) groups excluding carboxylic acids is 1. The summed E-state index contributed by atoms with van der Waals surface area (Å²) in [5, 5.41) is 1.15. The van der Waals surface area contributed by atoms with Crippen LogP contribution in [0.3, 0.4) is 0 Å². The van der Waals surface area contributed by atoms with E-state index in [0.717, 1.165) is 49.2 Å². The van der Waals surface area contributed by atoms with Gasteiger partial charge in [0.1, 0.15) is 0 Å². The van der Waals surface area contributed by atoms with Crippen molar-refractivity contribution in [2.24, 2.45) is 5.41 Å². The van der Waals surface area contributed by atoms with Crippen LogP contribution < -0.4 is 0 Å². The Morgan fingerprint density at radius 2 is 2.33 bits per heavy atom. The van der Waals surface area contributed by atoms with Crippen LogP contribution in [0.5, 0.6) is 0 Å². The Hall–Kier alpha value is -1.43. The van der Waals surface area contributed by atoms with Crippen molar-refractivity contribution in [1.82, 2.24) is 4.90 Å². The Morgan fingerprint density at radius 1 is 1.46 bits per heavy atom. The number of likely N-dealkylation sites (tertiary alicyclic amines) is 1. The van der Waals surface area contributed by atoms with Crippen molar-refractivity contribution < 1.29 is 14.3 Å². The van der Waals surface area contributed by atoms with Gasteiger partial charge in [-0.05, 0) is 36.8 Å². The summed E-state index contributed by atoms with van der Waals surface area (Å²) < 4.78 is 12.7. The summed E-state index contributed by atoms with van der Waals surface area (Å²) in [7, 11) is 1.74. The molecule has 128 valence electrons. The molecule has 1 aromatic carbocycles. The van der Waals surface area contributed by atoms with Gasteiger partial charge in [0.05, 0.1) is 17.6 Å². The molecule has 0 N–H and O–H groups in total. The summed E-state index contributed by atoms with van der Waals surface area (Å²) >= 11 is 1.59. The Morgan fingerprint density at radius 3 is 3.17 bits per heavy atom. The van der Waals surface area contributed by atoms with Gasteiger partial charge in [-0.1, -0.05) is 18.2 Å². The van der Waals surface area contributed by atoms with Crippen LogP contribution in [0.25, 0.3) is 10.1 Å². The molecule has 5 heteroatoms. The summed E-state index contributed by atoms with van der Waals surface area (Å²) in [6.07, 6.45) is 3.24. The lowest BCUT2D eigenvalue weighted by atomic mass is 9.73. The lowest BCUT2D eigenvalue weighted by Crippen LogP contribution is -2.57. The van der Waals surface area contributed by atoms with Crippen LogP contribution in [0.2, 0.25) is 0 Å². The van der Waals surface area contributed by atoms with Gasteiger partial charge < -0.3 is 14.4 Å². The van der Waals surface area contributed by atoms with E-state index in [1.165, 1.54) is 4.70 Å². The summed E-state index contributed by atoms with van der Waals surface area (Å²) in [6.45, 7) is 3.00. The summed E-state index contributed by atoms with van der Waals surface area (Å²) in [6, 6.07) is 10.2. The predicted molar refractivity (Wildman–Crippen MR) is 95.6 cm³/mol. The van der Waals surface area contributed by atoms with Crippen molar-refractivity contribution >= 4 is 27.3 Å². The number of piperidine rings is 1. The first kappa shape index (κ1) is 16.1. The second-order valence-corrected chi connectivity index (χ2v) is 8.01. The molecule has 2 aliphatic rings. The van der Waals surface area contributed by atoms with Crippen LogP contribution in [0.1, 0.15) is 28.9 Å². The third-order valence-electron chi connectivity index (χ3n) is 5.34. The van der Waals surface area contributed by atoms with Crippen LogP contribution in [0.4, 0.5) is 0 Å². The van der Waals surface area contributed by atoms with Crippen LogP contribution in [0, 0.1) is 5.41 Å². The van der Waals surface area contributed by atoms with Crippen LogP contribution >= 0.6 is 11.3 Å². The maximum atomic E-state index is 13.0. The van der Waals surface area contributed by atoms with Gasteiger partial charge in [-0.15, -0.1) is 11.3 Å². The average molecular weight is 345 g/mol. The normalized spacial score (nSPS) is 27.2. The molecule has 2 aliphatic heterocycles. The molecule has 2 unspecified atom stereocenters. The molecule has 1 amide bonds. The van der Waals surface area contributed by atoms with Crippen molar-refractivity contribution in [3.63, 3.8) is 0 Å². The first-order chi connectivity index (χ1) is 11.7. The fourth-order valence-electron chi connectivity index (χ4n) is 4.20. The molecular formula is C19H23NO3S. The van der Waals surface area contributed by atoms with Crippen LogP contribution in [-0.2, 0) is 9.47 Å². The number of rotatable bonds is 3. The standard InChI is InChI=1S/C19H23NO3S/c1-22-13-19-8-4-10-23-17(19)7-9-20(12-19)18(21)16-11-14-5-2-3-6-15(14)24-16/h2-3,5-6,11,17H,4,7-10,12-13H2,1H3. The Kier molecular flexibility index (Phi) is 4.33. The van der Waals surface area contributed by atoms with Crippen LogP contribution in [-0.4, -0.2) is 50.3 Å². The Labute approximate surface area is 146 Å². The molecule has 2 saturated heterocycles. The molecule has 2 atom stereocenters. The van der Waals surface area contributed by atoms with Gasteiger partial charge in [-0.2, -0.15) is 0 Å². The zero-order valence-electron chi connectivity index (χ0n) is 14.0. The molecule has 0 spiro atoms. The number of thiophene rings is 1. The molecule has 3 heterocycles. The highest BCUT2D eigenvalue weighted by molar-refractivity contribution is 7.20. The van der Waals surface area contributed by atoms with Crippen molar-refractivity contribution in [3.05, 3.63) is 35.2 Å². The van der Waals surface area contributed by atoms with E-state index in [-0.39, 0.29) is 17.4 Å². The molecule has 0 bridgehead atoms. The van der Waals surface area contributed by atoms with Crippen molar-refractivity contribution in [2.75, 3.05) is 33.4 Å². The second kappa shape index (κ2) is 6.47. The monoisotopic (exact) mass is 345 g/mol. The smallest absolute Gasteiger partial charge is 0.263 e. The minimum Gasteiger partial charge on any atom is -0.384 e. The number of benzene rings is 1. The number of methoxy groups -OCH3 is 1. The molecule has 4 nitrogen and oxygen atoms in total. The van der Waals surface area contributed by atoms with E-state index in [9.17, 15) is 4.79 Å². The van der Waals surface area contributed by atoms with E-state index in [4.69, 9.17) is 9.47 Å². The highest BCUT2D eigenvalue weighted by Gasteiger charge is 2.47. The van der Waals surface area contributed by atoms with Crippen molar-refractivity contribution in [1.29, 1.82) is 0 Å². The molecule has 0 aliphatic carbocycles. The SMILES string of the molecule is COCC12CCCOC1CCN(C(=O)c1cc3ccccc3s1)C2. The molecule has 24 heavy (non-hydrogen) atoms. The number of hydrogen-bond acceptors (Lipinski definition) is 4. The zero-order valence-corrected chi connectivity index (χ0v) is 14.8. The van der Waals surface area contributed by atoms with Gasteiger partial charge in [0.2, 0.25) is 0 Å². The van der Waals surface area contributed by atoms with E-state index in [0.29, 0.717) is 6.61 Å². The fourth-order valence-corrected chi connectivity index (χ4v) is 5.24. The Bertz CT molecular complexity index is 706. The number of fused-ring (bicyclic) bond motifs is 2. The summed E-state index contributed by atoms with van der Waals surface area (Å²) in [5.74, 6) is 0.149. The first-order valence-electron chi connectivity index (χ1n) is 8.60. The Balaban J connectivity index is 1.58. The lowest BCUT2D eigenvalue weighted by molar-refractivity contribution is -0.142. The number of amides is 1. The molecule has 1 aromatic heterocycles. The molecular weight excluding hydrogens is 322 g/mol. The van der Waals surface area contributed by atoms with E-state index in [2.05, 4.69) is 12.1 Å². The van der Waals surface area contributed by atoms with E-state index in [1.807, 2.05) is 23.1 Å². The third-order valence-corrected chi connectivity index (χ3v) is 6.45. The van der Waals surface area contributed by atoms with Crippen molar-refractivity contribution in [3.8, 4) is 0 Å². The molecule has 0 radical (unpaired) electrons. The van der Waals surface area contributed by atoms with E-state index >= 15 is 0 Å². The average Bonchev–Trinajstić information content (AvgIpc) is 3.04. The molecule has 4 rings (SSSR count). The van der Waals surface area contributed by atoms with Gasteiger partial charge in [-0.3, -0.25) is 4.79 Å². The van der Waals surface area contributed by atoms with Gasteiger partial charge in [0, 0.05) is 36.9 Å². The van der Waals surface area contributed by atoms with Gasteiger partial charge >= 0.3 is 0 Å². The number of hydrogen-bond donors (Lipinski definition) is 0. The number of ether oxygens (including phenoxy) is 2. The third kappa shape index (κ3) is 2.75. The second-order valence-electron chi connectivity index (χ2n) is 6.92. The number of nitrogens with zero attached hydrogens (tertiary/aromatic N) is 1. The molecule has 2 fully saturated rings. The van der Waals surface area contributed by atoms with E-state index in [1.54, 1.807) is 18.4 Å². The minimum atomic E-state index is -0.0441. The molecule has 2 aromatic rings. The number of carbonyl (C=O) groups is 1. The summed E-state index contributed by atoms with van der Waals surface area (Å²) in [5.41, 5.74) is -0.0441. The highest BCUT2D eigenvalue weighted by Crippen LogP contribution is 2.41. The van der Waals surface area contributed by atoms with Crippen molar-refractivity contribution in [2.45, 2.75) is 25.4 Å². The van der Waals surface area contributed by atoms with E-state index < -0.39 is 0 Å². The fraction of sp³-hybridized carbons (Fsp3) is 0.526. The maximum Gasteiger partial charge on any atom is 0.263 e. The highest BCUT2D eigenvalue weighted by atomic mass is 32.1. The van der Waals surface area contributed by atoms with Gasteiger partial charge in [-0.25, -0.2) is 0 Å². The zero-order chi connectivity index (χ0) is 16.6. The lowest BCUT2D eigenvalue weighted by Gasteiger charge is -2.50. The van der Waals surface area contributed by atoms with Crippen LogP contribution in [0.15, 0.2) is 30.3 Å². The summed E-state index contributed by atoms with van der Waals surface area (Å²) in [4.78, 5) is 15.9. The maximum absolute atomic E-state index is 13.0. The van der Waals surface area contributed by atoms with Gasteiger partial charge in [0.25, 0.3) is 5.91 Å². The molecule has 0 saturated carbocycles. The predicted octanol–water partition coefficient (Wildman–Crippen LogP) is 3.56. The quantitative estimate of drug-likeness (QED) is 0.854. The minimum absolute atomic E-state index is 0.0441.